The number of aryl methyl sites for hydroxylation is 1. The Kier molecular flexibility index (Phi) is 6.83. The maximum atomic E-state index is 12.5. The van der Waals surface area contributed by atoms with Gasteiger partial charge in [0.2, 0.25) is 5.91 Å². The van der Waals surface area contributed by atoms with Crippen LogP contribution >= 0.6 is 0 Å². The summed E-state index contributed by atoms with van der Waals surface area (Å²) in [6.07, 6.45) is 3.61. The summed E-state index contributed by atoms with van der Waals surface area (Å²) >= 11 is 0. The van der Waals surface area contributed by atoms with E-state index in [-0.39, 0.29) is 23.7 Å². The van der Waals surface area contributed by atoms with E-state index in [9.17, 15) is 13.2 Å². The van der Waals surface area contributed by atoms with Gasteiger partial charge in [0, 0.05) is 30.6 Å². The van der Waals surface area contributed by atoms with Gasteiger partial charge >= 0.3 is 0 Å². The second-order valence-corrected chi connectivity index (χ2v) is 9.89. The van der Waals surface area contributed by atoms with Gasteiger partial charge in [0.05, 0.1) is 23.5 Å². The van der Waals surface area contributed by atoms with Crippen molar-refractivity contribution in [3.63, 3.8) is 0 Å². The van der Waals surface area contributed by atoms with Gasteiger partial charge in [-0.25, -0.2) is 13.4 Å². The van der Waals surface area contributed by atoms with Crippen molar-refractivity contribution < 1.29 is 22.7 Å². The normalized spacial score (nSPS) is 11.4. The molecule has 0 atom stereocenters. The molecule has 8 nitrogen and oxygen atoms in total. The number of nitrogens with zero attached hydrogens (tertiary/aromatic N) is 2. The third-order valence-electron chi connectivity index (χ3n) is 5.21. The fraction of sp³-hybridized carbons (Fsp3) is 0.200. The van der Waals surface area contributed by atoms with Gasteiger partial charge in [0.1, 0.15) is 12.3 Å². The van der Waals surface area contributed by atoms with Gasteiger partial charge in [-0.1, -0.05) is 23.8 Å². The average Bonchev–Trinajstić information content (AvgIpc) is 3.25. The van der Waals surface area contributed by atoms with Crippen LogP contribution in [0.4, 0.5) is 5.69 Å². The maximum Gasteiger partial charge on any atom is 0.225 e. The van der Waals surface area contributed by atoms with Crippen LogP contribution in [-0.4, -0.2) is 36.6 Å². The maximum absolute atomic E-state index is 12.5. The molecule has 1 N–H and O–H groups in total. The minimum absolute atomic E-state index is 0.167. The minimum atomic E-state index is -3.55. The molecule has 0 aliphatic rings. The molecule has 2 heterocycles. The van der Waals surface area contributed by atoms with Gasteiger partial charge in [-0.2, -0.15) is 0 Å². The lowest BCUT2D eigenvalue weighted by molar-refractivity contribution is -0.115. The summed E-state index contributed by atoms with van der Waals surface area (Å²) < 4.78 is 38.2. The van der Waals surface area contributed by atoms with E-state index in [2.05, 4.69) is 10.3 Å². The van der Waals surface area contributed by atoms with E-state index in [0.717, 1.165) is 16.9 Å². The smallest absolute Gasteiger partial charge is 0.225 e. The summed E-state index contributed by atoms with van der Waals surface area (Å²) in [6.45, 7) is 2.10. The molecule has 0 aliphatic heterocycles. The summed E-state index contributed by atoms with van der Waals surface area (Å²) in [4.78, 5) is 17.1. The highest BCUT2D eigenvalue weighted by Crippen LogP contribution is 2.31. The molecule has 4 rings (SSSR count). The molecule has 34 heavy (non-hydrogen) atoms. The molecule has 0 saturated carbocycles. The number of nitrogens with one attached hydrogen (secondary N) is 1. The van der Waals surface area contributed by atoms with Crippen molar-refractivity contribution in [2.45, 2.75) is 24.8 Å². The van der Waals surface area contributed by atoms with E-state index in [1.807, 2.05) is 41.9 Å². The standard InChI is InChI=1S/C25H25N3O5S/c1-18-6-9-21(10-7-18)34(30,31)14-12-25(29)27-19-8-11-22(32-2)23(15-19)33-17-20-16-28-13-4-3-5-24(28)26-20/h3-11,13,15-16H,12,14,17H2,1-2H3,(H,27,29). The summed E-state index contributed by atoms with van der Waals surface area (Å²) in [7, 11) is -2.02. The fourth-order valence-electron chi connectivity index (χ4n) is 3.39. The number of hydrogen-bond donors (Lipinski definition) is 1. The minimum Gasteiger partial charge on any atom is -0.493 e. The van der Waals surface area contributed by atoms with Crippen molar-refractivity contribution >= 4 is 27.1 Å². The predicted molar refractivity (Wildman–Crippen MR) is 129 cm³/mol. The highest BCUT2D eigenvalue weighted by molar-refractivity contribution is 7.91. The van der Waals surface area contributed by atoms with Crippen LogP contribution in [-0.2, 0) is 21.2 Å². The Bertz CT molecular complexity index is 1380. The van der Waals surface area contributed by atoms with E-state index < -0.39 is 15.7 Å². The molecule has 0 bridgehead atoms. The third-order valence-corrected chi connectivity index (χ3v) is 6.95. The van der Waals surface area contributed by atoms with E-state index in [4.69, 9.17) is 9.47 Å². The predicted octanol–water partition coefficient (Wildman–Crippen LogP) is 4.03. The van der Waals surface area contributed by atoms with Crippen molar-refractivity contribution in [1.82, 2.24) is 9.38 Å². The van der Waals surface area contributed by atoms with Crippen LogP contribution in [0, 0.1) is 6.92 Å². The number of hydrogen-bond acceptors (Lipinski definition) is 6. The zero-order chi connectivity index (χ0) is 24.1. The van der Waals surface area contributed by atoms with Crippen LogP contribution in [0.15, 0.2) is 78.0 Å². The number of pyridine rings is 1. The van der Waals surface area contributed by atoms with Gasteiger partial charge in [-0.15, -0.1) is 0 Å². The van der Waals surface area contributed by atoms with E-state index >= 15 is 0 Å². The molecule has 0 aliphatic carbocycles. The molecule has 0 radical (unpaired) electrons. The second-order valence-electron chi connectivity index (χ2n) is 7.78. The molecule has 2 aromatic carbocycles. The number of sulfone groups is 1. The van der Waals surface area contributed by atoms with E-state index in [1.165, 1.54) is 7.11 Å². The number of imidazole rings is 1. The summed E-state index contributed by atoms with van der Waals surface area (Å²) in [5.41, 5.74) is 3.00. The molecule has 1 amide bonds. The lowest BCUT2D eigenvalue weighted by Crippen LogP contribution is -2.17. The molecular formula is C25H25N3O5S. The first-order valence-corrected chi connectivity index (χ1v) is 12.3. The third kappa shape index (κ3) is 5.55. The summed E-state index contributed by atoms with van der Waals surface area (Å²) in [5, 5.41) is 2.73. The van der Waals surface area contributed by atoms with Crippen LogP contribution in [0.25, 0.3) is 5.65 Å². The SMILES string of the molecule is COc1ccc(NC(=O)CCS(=O)(=O)c2ccc(C)cc2)cc1OCc1cn2ccccc2n1. The van der Waals surface area contributed by atoms with Crippen molar-refractivity contribution in [1.29, 1.82) is 0 Å². The van der Waals surface area contributed by atoms with E-state index in [0.29, 0.717) is 17.2 Å². The number of rotatable bonds is 9. The number of anilines is 1. The van der Waals surface area contributed by atoms with Crippen molar-refractivity contribution in [3.8, 4) is 11.5 Å². The van der Waals surface area contributed by atoms with Gasteiger partial charge in [-0.3, -0.25) is 4.79 Å². The molecule has 0 saturated heterocycles. The summed E-state index contributed by atoms with van der Waals surface area (Å²) in [6, 6.07) is 17.3. The van der Waals surface area contributed by atoms with Crippen LogP contribution in [0.1, 0.15) is 17.7 Å². The molecule has 0 spiro atoms. The van der Waals surface area contributed by atoms with Gasteiger partial charge in [-0.05, 0) is 43.3 Å². The summed E-state index contributed by atoms with van der Waals surface area (Å²) in [5.74, 6) is 0.246. The first kappa shape index (κ1) is 23.3. The Labute approximate surface area is 198 Å². The average molecular weight is 480 g/mol. The first-order valence-electron chi connectivity index (χ1n) is 10.7. The first-order chi connectivity index (χ1) is 16.3. The lowest BCUT2D eigenvalue weighted by Gasteiger charge is -2.12. The number of benzene rings is 2. The number of carbonyl (C=O) groups excluding carboxylic acids is 1. The fourth-order valence-corrected chi connectivity index (χ4v) is 4.63. The lowest BCUT2D eigenvalue weighted by atomic mass is 10.2. The molecule has 0 fully saturated rings. The van der Waals surface area contributed by atoms with Crippen molar-refractivity contribution in [3.05, 3.63) is 84.3 Å². The number of amides is 1. The van der Waals surface area contributed by atoms with Crippen molar-refractivity contribution in [2.75, 3.05) is 18.2 Å². The molecule has 176 valence electrons. The van der Waals surface area contributed by atoms with E-state index in [1.54, 1.807) is 42.5 Å². The number of carbonyl (C=O) groups is 1. The highest BCUT2D eigenvalue weighted by Gasteiger charge is 2.17. The Balaban J connectivity index is 1.39. The Hall–Kier alpha value is -3.85. The van der Waals surface area contributed by atoms with Crippen LogP contribution in [0.2, 0.25) is 0 Å². The second kappa shape index (κ2) is 9.96. The van der Waals surface area contributed by atoms with Gasteiger partial charge < -0.3 is 19.2 Å². The Morgan fingerprint density at radius 1 is 1.06 bits per heavy atom. The molecule has 0 unspecified atom stereocenters. The Morgan fingerprint density at radius 3 is 2.59 bits per heavy atom. The molecule has 9 heteroatoms. The molecule has 4 aromatic rings. The van der Waals surface area contributed by atoms with Gasteiger partial charge in [0.15, 0.2) is 21.3 Å². The van der Waals surface area contributed by atoms with Crippen LogP contribution in [0.5, 0.6) is 11.5 Å². The number of methoxy groups -OCH3 is 1. The Morgan fingerprint density at radius 2 is 1.85 bits per heavy atom. The van der Waals surface area contributed by atoms with Crippen molar-refractivity contribution in [2.24, 2.45) is 0 Å². The zero-order valence-corrected chi connectivity index (χ0v) is 19.7. The molecule has 2 aromatic heterocycles. The monoisotopic (exact) mass is 479 g/mol. The largest absolute Gasteiger partial charge is 0.493 e. The van der Waals surface area contributed by atoms with Crippen LogP contribution < -0.4 is 14.8 Å². The highest BCUT2D eigenvalue weighted by atomic mass is 32.2. The van der Waals surface area contributed by atoms with Gasteiger partial charge in [0.25, 0.3) is 0 Å². The number of aromatic nitrogens is 2. The topological polar surface area (TPSA) is 99.0 Å². The number of fused-ring (bicyclic) bond motifs is 1. The quantitative estimate of drug-likeness (QED) is 0.389. The van der Waals surface area contributed by atoms with Crippen LogP contribution in [0.3, 0.4) is 0 Å². The molecular weight excluding hydrogens is 454 g/mol. The number of ether oxygens (including phenoxy) is 2. The zero-order valence-electron chi connectivity index (χ0n) is 18.9.